The molecule has 0 saturated heterocycles. The van der Waals surface area contributed by atoms with Crippen LogP contribution >= 0.6 is 15.9 Å². The number of carboxylic acids is 1. The minimum absolute atomic E-state index is 0.0606. The van der Waals surface area contributed by atoms with Crippen LogP contribution in [-0.2, 0) is 0 Å². The standard InChI is InChI=1S/C14H12BrNO3/c1-16(10-4-2-9(15)3-5-10)13-7-6-11(17)8-12(13)14(18)19/h2-8,17H,1H3,(H,18,19). The molecule has 98 valence electrons. The molecule has 0 spiro atoms. The van der Waals surface area contributed by atoms with Crippen LogP contribution in [0.1, 0.15) is 10.4 Å². The number of rotatable bonds is 3. The average Bonchev–Trinajstić information content (AvgIpc) is 2.38. The first kappa shape index (κ1) is 13.4. The van der Waals surface area contributed by atoms with E-state index < -0.39 is 5.97 Å². The molecular weight excluding hydrogens is 310 g/mol. The van der Waals surface area contributed by atoms with Crippen molar-refractivity contribution in [3.8, 4) is 5.75 Å². The lowest BCUT2D eigenvalue weighted by Crippen LogP contribution is -2.13. The number of carboxylic acid groups (broad SMARTS) is 1. The molecule has 0 atom stereocenters. The summed E-state index contributed by atoms with van der Waals surface area (Å²) in [5.74, 6) is -1.14. The monoisotopic (exact) mass is 321 g/mol. The topological polar surface area (TPSA) is 60.8 Å². The second kappa shape index (κ2) is 5.32. The molecule has 0 radical (unpaired) electrons. The number of halogens is 1. The fourth-order valence-corrected chi connectivity index (χ4v) is 2.06. The van der Waals surface area contributed by atoms with Gasteiger partial charge in [-0.1, -0.05) is 15.9 Å². The summed E-state index contributed by atoms with van der Waals surface area (Å²) in [6.45, 7) is 0. The molecule has 2 rings (SSSR count). The molecule has 0 aromatic heterocycles. The summed E-state index contributed by atoms with van der Waals surface area (Å²) in [6, 6.07) is 11.8. The van der Waals surface area contributed by atoms with Crippen molar-refractivity contribution in [2.75, 3.05) is 11.9 Å². The number of phenols is 1. The van der Waals surface area contributed by atoms with E-state index in [0.717, 1.165) is 10.2 Å². The molecule has 0 aliphatic carbocycles. The molecule has 2 aromatic carbocycles. The van der Waals surface area contributed by atoms with Crippen LogP contribution in [0.3, 0.4) is 0 Å². The lowest BCUT2D eigenvalue weighted by atomic mass is 10.1. The van der Waals surface area contributed by atoms with Crippen molar-refractivity contribution in [3.63, 3.8) is 0 Å². The number of carbonyl (C=O) groups is 1. The van der Waals surface area contributed by atoms with Crippen LogP contribution in [0.5, 0.6) is 5.75 Å². The third-order valence-electron chi connectivity index (χ3n) is 2.79. The lowest BCUT2D eigenvalue weighted by molar-refractivity contribution is 0.0697. The third kappa shape index (κ3) is 2.88. The first-order valence-electron chi connectivity index (χ1n) is 5.54. The molecule has 0 fully saturated rings. The first-order valence-corrected chi connectivity index (χ1v) is 6.34. The quantitative estimate of drug-likeness (QED) is 0.906. The number of hydrogen-bond acceptors (Lipinski definition) is 3. The van der Waals surface area contributed by atoms with Gasteiger partial charge in [-0.05, 0) is 42.5 Å². The summed E-state index contributed by atoms with van der Waals surface area (Å²) >= 11 is 3.35. The Morgan fingerprint density at radius 3 is 2.37 bits per heavy atom. The van der Waals surface area contributed by atoms with Crippen molar-refractivity contribution >= 4 is 33.3 Å². The zero-order valence-corrected chi connectivity index (χ0v) is 11.8. The summed E-state index contributed by atoms with van der Waals surface area (Å²) in [7, 11) is 1.78. The normalized spacial score (nSPS) is 10.2. The zero-order chi connectivity index (χ0) is 14.0. The fraction of sp³-hybridized carbons (Fsp3) is 0.0714. The summed E-state index contributed by atoms with van der Waals surface area (Å²) in [6.07, 6.45) is 0. The Kier molecular flexibility index (Phi) is 3.76. The maximum atomic E-state index is 11.2. The molecule has 2 N–H and O–H groups in total. The second-order valence-corrected chi connectivity index (χ2v) is 4.96. The third-order valence-corrected chi connectivity index (χ3v) is 3.31. The average molecular weight is 322 g/mol. The van der Waals surface area contributed by atoms with Crippen LogP contribution in [0.2, 0.25) is 0 Å². The van der Waals surface area contributed by atoms with Crippen molar-refractivity contribution in [2.24, 2.45) is 0 Å². The van der Waals surface area contributed by atoms with E-state index in [2.05, 4.69) is 15.9 Å². The number of nitrogens with zero attached hydrogens (tertiary/aromatic N) is 1. The predicted octanol–water partition coefficient (Wildman–Crippen LogP) is 3.62. The van der Waals surface area contributed by atoms with E-state index in [1.165, 1.54) is 12.1 Å². The molecule has 19 heavy (non-hydrogen) atoms. The molecule has 4 nitrogen and oxygen atoms in total. The Balaban J connectivity index is 2.46. The number of anilines is 2. The molecule has 0 aliphatic rings. The summed E-state index contributed by atoms with van der Waals surface area (Å²) in [5, 5.41) is 18.6. The van der Waals surface area contributed by atoms with Crippen molar-refractivity contribution in [1.82, 2.24) is 0 Å². The molecule has 0 unspecified atom stereocenters. The van der Waals surface area contributed by atoms with Gasteiger partial charge in [-0.2, -0.15) is 0 Å². The largest absolute Gasteiger partial charge is 0.508 e. The van der Waals surface area contributed by atoms with Gasteiger partial charge in [-0.15, -0.1) is 0 Å². The van der Waals surface area contributed by atoms with Crippen LogP contribution < -0.4 is 4.90 Å². The van der Waals surface area contributed by atoms with E-state index in [4.69, 9.17) is 0 Å². The highest BCUT2D eigenvalue weighted by atomic mass is 79.9. The number of benzene rings is 2. The Bertz CT molecular complexity index is 611. The fourth-order valence-electron chi connectivity index (χ4n) is 1.79. The SMILES string of the molecule is CN(c1ccc(Br)cc1)c1ccc(O)cc1C(=O)O. The number of aromatic carboxylic acids is 1. The van der Waals surface area contributed by atoms with Crippen molar-refractivity contribution < 1.29 is 15.0 Å². The van der Waals surface area contributed by atoms with Crippen LogP contribution in [0, 0.1) is 0 Å². The minimum atomic E-state index is -1.07. The van der Waals surface area contributed by atoms with Crippen molar-refractivity contribution in [3.05, 3.63) is 52.5 Å². The Morgan fingerprint density at radius 2 is 1.79 bits per heavy atom. The molecule has 0 heterocycles. The van der Waals surface area contributed by atoms with E-state index >= 15 is 0 Å². The van der Waals surface area contributed by atoms with Gasteiger partial charge in [0.2, 0.25) is 0 Å². The molecule has 5 heteroatoms. The summed E-state index contributed by atoms with van der Waals surface area (Å²) in [4.78, 5) is 13.0. The maximum absolute atomic E-state index is 11.2. The van der Waals surface area contributed by atoms with Crippen LogP contribution in [0.15, 0.2) is 46.9 Å². The highest BCUT2D eigenvalue weighted by Gasteiger charge is 2.15. The van der Waals surface area contributed by atoms with E-state index in [-0.39, 0.29) is 11.3 Å². The van der Waals surface area contributed by atoms with Gasteiger partial charge < -0.3 is 15.1 Å². The van der Waals surface area contributed by atoms with E-state index in [1.807, 2.05) is 24.3 Å². The van der Waals surface area contributed by atoms with E-state index in [0.29, 0.717) is 5.69 Å². The van der Waals surface area contributed by atoms with E-state index in [9.17, 15) is 15.0 Å². The van der Waals surface area contributed by atoms with Gasteiger partial charge in [-0.25, -0.2) is 4.79 Å². The smallest absolute Gasteiger partial charge is 0.337 e. The van der Waals surface area contributed by atoms with E-state index in [1.54, 1.807) is 18.0 Å². The van der Waals surface area contributed by atoms with Crippen molar-refractivity contribution in [1.29, 1.82) is 0 Å². The summed E-state index contributed by atoms with van der Waals surface area (Å²) < 4.78 is 0.953. The van der Waals surface area contributed by atoms with Crippen LogP contribution in [0.4, 0.5) is 11.4 Å². The van der Waals surface area contributed by atoms with Gasteiger partial charge in [0.15, 0.2) is 0 Å². The van der Waals surface area contributed by atoms with Crippen molar-refractivity contribution in [2.45, 2.75) is 0 Å². The molecular formula is C14H12BrNO3. The van der Waals surface area contributed by atoms with Gasteiger partial charge in [0, 0.05) is 17.2 Å². The van der Waals surface area contributed by atoms with Gasteiger partial charge in [0.05, 0.1) is 11.3 Å². The molecule has 0 aliphatic heterocycles. The maximum Gasteiger partial charge on any atom is 0.337 e. The first-order chi connectivity index (χ1) is 8.99. The molecule has 0 saturated carbocycles. The Morgan fingerprint density at radius 1 is 1.16 bits per heavy atom. The van der Waals surface area contributed by atoms with Gasteiger partial charge in [0.25, 0.3) is 0 Å². The molecule has 2 aromatic rings. The lowest BCUT2D eigenvalue weighted by Gasteiger charge is -2.21. The minimum Gasteiger partial charge on any atom is -0.508 e. The van der Waals surface area contributed by atoms with Crippen LogP contribution in [0.25, 0.3) is 0 Å². The van der Waals surface area contributed by atoms with Gasteiger partial charge in [-0.3, -0.25) is 0 Å². The Hall–Kier alpha value is -2.01. The second-order valence-electron chi connectivity index (χ2n) is 4.04. The summed E-state index contributed by atoms with van der Waals surface area (Å²) in [5.41, 5.74) is 1.44. The zero-order valence-electron chi connectivity index (χ0n) is 10.2. The number of hydrogen-bond donors (Lipinski definition) is 2. The van der Waals surface area contributed by atoms with Gasteiger partial charge in [0.1, 0.15) is 5.75 Å². The van der Waals surface area contributed by atoms with Gasteiger partial charge >= 0.3 is 5.97 Å². The molecule has 0 amide bonds. The highest BCUT2D eigenvalue weighted by molar-refractivity contribution is 9.10. The molecule has 0 bridgehead atoms. The Labute approximate surface area is 119 Å². The predicted molar refractivity (Wildman–Crippen MR) is 77.3 cm³/mol. The number of aromatic hydroxyl groups is 1. The highest BCUT2D eigenvalue weighted by Crippen LogP contribution is 2.30. The van der Waals surface area contributed by atoms with Crippen LogP contribution in [-0.4, -0.2) is 23.2 Å². The number of phenolic OH excluding ortho intramolecular Hbond substituents is 1.